The maximum atomic E-state index is 12.4. The Morgan fingerprint density at radius 1 is 1.15 bits per heavy atom. The molecule has 2 aromatic rings. The highest BCUT2D eigenvalue weighted by Gasteiger charge is 2.14. The van der Waals surface area contributed by atoms with Gasteiger partial charge in [-0.05, 0) is 36.2 Å². The van der Waals surface area contributed by atoms with Crippen molar-refractivity contribution in [3.05, 3.63) is 64.1 Å². The van der Waals surface area contributed by atoms with E-state index in [0.717, 1.165) is 48.6 Å². The van der Waals surface area contributed by atoms with Gasteiger partial charge >= 0.3 is 0 Å². The molecule has 1 amide bonds. The molecule has 0 saturated carbocycles. The van der Waals surface area contributed by atoms with Gasteiger partial charge in [0.25, 0.3) is 0 Å². The first-order valence-electron chi connectivity index (χ1n) is 9.28. The van der Waals surface area contributed by atoms with Crippen LogP contribution in [0.2, 0.25) is 0 Å². The number of anilines is 1. The smallest absolute Gasteiger partial charge is 0.239 e. The minimum absolute atomic E-state index is 0.0217. The van der Waals surface area contributed by atoms with Gasteiger partial charge in [0, 0.05) is 29.8 Å². The summed E-state index contributed by atoms with van der Waals surface area (Å²) in [6.07, 6.45) is 0. The number of para-hydroxylation sites is 1. The fourth-order valence-electron chi connectivity index (χ4n) is 3.13. The molecule has 1 heterocycles. The van der Waals surface area contributed by atoms with Crippen LogP contribution in [0, 0.1) is 0 Å². The van der Waals surface area contributed by atoms with Crippen molar-refractivity contribution in [1.82, 2.24) is 10.2 Å². The molecule has 2 N–H and O–H groups in total. The number of nitrogens with one attached hydrogen (secondary N) is 2. The summed E-state index contributed by atoms with van der Waals surface area (Å²) in [6.45, 7) is 6.56. The van der Waals surface area contributed by atoms with Crippen LogP contribution in [0.15, 0.2) is 53.0 Å². The molecular formula is C21H26BrN3O2. The number of amides is 1. The van der Waals surface area contributed by atoms with Gasteiger partial charge in [0.1, 0.15) is 0 Å². The monoisotopic (exact) mass is 431 g/mol. The van der Waals surface area contributed by atoms with E-state index < -0.39 is 0 Å². The Morgan fingerprint density at radius 3 is 2.59 bits per heavy atom. The normalized spacial score (nSPS) is 15.9. The number of rotatable bonds is 7. The lowest BCUT2D eigenvalue weighted by molar-refractivity contribution is -0.120. The predicted molar refractivity (Wildman–Crippen MR) is 112 cm³/mol. The fraction of sp³-hybridized carbons (Fsp3) is 0.381. The molecule has 0 aromatic heterocycles. The summed E-state index contributed by atoms with van der Waals surface area (Å²) in [5, 5.41) is 6.33. The molecule has 144 valence electrons. The number of nitrogens with zero attached hydrogens (tertiary/aromatic N) is 1. The molecular weight excluding hydrogens is 406 g/mol. The van der Waals surface area contributed by atoms with Gasteiger partial charge < -0.3 is 15.4 Å². The standard InChI is InChI=1S/C21H26BrN3O2/c1-16(17-6-8-19(22)9-7-17)24-21(26)14-23-20-5-3-2-4-18(20)15-25-10-12-27-13-11-25/h2-9,16,23H,10-15H2,1H3,(H,24,26). The van der Waals surface area contributed by atoms with E-state index in [2.05, 4.69) is 37.5 Å². The van der Waals surface area contributed by atoms with Crippen molar-refractivity contribution in [3.8, 4) is 0 Å². The Balaban J connectivity index is 1.53. The Kier molecular flexibility index (Phi) is 7.26. The maximum Gasteiger partial charge on any atom is 0.239 e. The lowest BCUT2D eigenvalue weighted by Crippen LogP contribution is -2.36. The average molecular weight is 432 g/mol. The molecule has 1 aliphatic heterocycles. The second kappa shape index (κ2) is 9.88. The van der Waals surface area contributed by atoms with Gasteiger partial charge in [0.15, 0.2) is 0 Å². The van der Waals surface area contributed by atoms with Crippen LogP contribution in [0.3, 0.4) is 0 Å². The number of carbonyl (C=O) groups excluding carboxylic acids is 1. The van der Waals surface area contributed by atoms with Crippen molar-refractivity contribution in [3.63, 3.8) is 0 Å². The largest absolute Gasteiger partial charge is 0.379 e. The van der Waals surface area contributed by atoms with Crippen molar-refractivity contribution < 1.29 is 9.53 Å². The summed E-state index contributed by atoms with van der Waals surface area (Å²) in [5.74, 6) is -0.0217. The highest BCUT2D eigenvalue weighted by atomic mass is 79.9. The van der Waals surface area contributed by atoms with E-state index in [9.17, 15) is 4.79 Å². The number of benzene rings is 2. The summed E-state index contributed by atoms with van der Waals surface area (Å²) >= 11 is 3.43. The van der Waals surface area contributed by atoms with Gasteiger partial charge in [0.2, 0.25) is 5.91 Å². The first-order chi connectivity index (χ1) is 13.1. The lowest BCUT2D eigenvalue weighted by Gasteiger charge is -2.27. The minimum atomic E-state index is -0.0315. The van der Waals surface area contributed by atoms with Gasteiger partial charge in [0.05, 0.1) is 25.8 Å². The zero-order valence-electron chi connectivity index (χ0n) is 15.6. The van der Waals surface area contributed by atoms with Crippen LogP contribution >= 0.6 is 15.9 Å². The highest BCUT2D eigenvalue weighted by Crippen LogP contribution is 2.19. The van der Waals surface area contributed by atoms with Crippen LogP contribution < -0.4 is 10.6 Å². The minimum Gasteiger partial charge on any atom is -0.379 e. The first kappa shape index (κ1) is 19.9. The molecule has 1 saturated heterocycles. The van der Waals surface area contributed by atoms with Crippen molar-refractivity contribution in [1.29, 1.82) is 0 Å². The lowest BCUT2D eigenvalue weighted by atomic mass is 10.1. The molecule has 1 aliphatic rings. The maximum absolute atomic E-state index is 12.4. The van der Waals surface area contributed by atoms with Crippen LogP contribution in [0.25, 0.3) is 0 Å². The van der Waals surface area contributed by atoms with Crippen LogP contribution in [-0.2, 0) is 16.1 Å². The molecule has 27 heavy (non-hydrogen) atoms. The Morgan fingerprint density at radius 2 is 1.85 bits per heavy atom. The van der Waals surface area contributed by atoms with E-state index >= 15 is 0 Å². The molecule has 0 aliphatic carbocycles. The van der Waals surface area contributed by atoms with Gasteiger partial charge in [-0.3, -0.25) is 9.69 Å². The molecule has 1 fully saturated rings. The average Bonchev–Trinajstić information content (AvgIpc) is 2.68. The van der Waals surface area contributed by atoms with Gasteiger partial charge in [-0.2, -0.15) is 0 Å². The van der Waals surface area contributed by atoms with Crippen LogP contribution in [0.1, 0.15) is 24.1 Å². The van der Waals surface area contributed by atoms with Gasteiger partial charge in [-0.15, -0.1) is 0 Å². The topological polar surface area (TPSA) is 53.6 Å². The van der Waals surface area contributed by atoms with Crippen molar-refractivity contribution >= 4 is 27.5 Å². The molecule has 2 aromatic carbocycles. The van der Waals surface area contributed by atoms with Gasteiger partial charge in [-0.25, -0.2) is 0 Å². The third kappa shape index (κ3) is 6.06. The summed E-state index contributed by atoms with van der Waals surface area (Å²) in [6, 6.07) is 16.1. The zero-order chi connectivity index (χ0) is 19.1. The number of carbonyl (C=O) groups is 1. The second-order valence-electron chi connectivity index (χ2n) is 6.74. The van der Waals surface area contributed by atoms with E-state index in [1.54, 1.807) is 0 Å². The van der Waals surface area contributed by atoms with E-state index in [0.29, 0.717) is 0 Å². The van der Waals surface area contributed by atoms with E-state index in [1.807, 2.05) is 49.4 Å². The van der Waals surface area contributed by atoms with Crippen LogP contribution in [0.4, 0.5) is 5.69 Å². The zero-order valence-corrected chi connectivity index (χ0v) is 17.2. The SMILES string of the molecule is CC(NC(=O)CNc1ccccc1CN1CCOCC1)c1ccc(Br)cc1. The summed E-state index contributed by atoms with van der Waals surface area (Å²) < 4.78 is 6.44. The molecule has 6 heteroatoms. The Hall–Kier alpha value is -1.89. The number of halogens is 1. The van der Waals surface area contributed by atoms with E-state index in [-0.39, 0.29) is 18.5 Å². The fourth-order valence-corrected chi connectivity index (χ4v) is 3.40. The number of morpholine rings is 1. The van der Waals surface area contributed by atoms with E-state index in [1.165, 1.54) is 5.56 Å². The summed E-state index contributed by atoms with van der Waals surface area (Å²) in [4.78, 5) is 14.7. The van der Waals surface area contributed by atoms with Crippen molar-refractivity contribution in [2.24, 2.45) is 0 Å². The molecule has 1 unspecified atom stereocenters. The molecule has 1 atom stereocenters. The Bertz CT molecular complexity index is 745. The summed E-state index contributed by atoms with van der Waals surface area (Å²) in [5.41, 5.74) is 3.29. The van der Waals surface area contributed by atoms with E-state index in [4.69, 9.17) is 4.74 Å². The van der Waals surface area contributed by atoms with Gasteiger partial charge in [-0.1, -0.05) is 46.3 Å². The highest BCUT2D eigenvalue weighted by molar-refractivity contribution is 9.10. The molecule has 5 nitrogen and oxygen atoms in total. The third-order valence-electron chi connectivity index (χ3n) is 4.70. The number of hydrogen-bond acceptors (Lipinski definition) is 4. The van der Waals surface area contributed by atoms with Crippen molar-refractivity contribution in [2.75, 3.05) is 38.2 Å². The molecule has 3 rings (SSSR count). The third-order valence-corrected chi connectivity index (χ3v) is 5.23. The number of ether oxygens (including phenoxy) is 1. The predicted octanol–water partition coefficient (Wildman–Crippen LogP) is 3.57. The Labute approximate surface area is 169 Å². The summed E-state index contributed by atoms with van der Waals surface area (Å²) in [7, 11) is 0. The number of hydrogen-bond donors (Lipinski definition) is 2. The first-order valence-corrected chi connectivity index (χ1v) is 10.1. The quantitative estimate of drug-likeness (QED) is 0.703. The molecule has 0 bridgehead atoms. The van der Waals surface area contributed by atoms with Crippen LogP contribution in [-0.4, -0.2) is 43.7 Å². The second-order valence-corrected chi connectivity index (χ2v) is 7.66. The van der Waals surface area contributed by atoms with Crippen molar-refractivity contribution in [2.45, 2.75) is 19.5 Å². The molecule has 0 spiro atoms. The van der Waals surface area contributed by atoms with Crippen LogP contribution in [0.5, 0.6) is 0 Å². The molecule has 0 radical (unpaired) electrons.